The Morgan fingerprint density at radius 2 is 0.930 bits per heavy atom. The minimum atomic E-state index is -1.34. The van der Waals surface area contributed by atoms with Gasteiger partial charge in [0.05, 0.1) is 15.9 Å². The maximum atomic E-state index is 13.8. The number of nitrogens with zero attached hydrogens (tertiary/aromatic N) is 6. The number of rotatable bonds is 12. The molecule has 0 radical (unpaired) electrons. The molecule has 18 nitrogen and oxygen atoms in total. The highest BCUT2D eigenvalue weighted by atomic mass is 79.9. The first-order valence-corrected chi connectivity index (χ1v) is 27.8. The van der Waals surface area contributed by atoms with Crippen LogP contribution >= 0.6 is 15.9 Å². The van der Waals surface area contributed by atoms with Gasteiger partial charge in [-0.15, -0.1) is 0 Å². The minimum Gasteiger partial charge on any atom is -0.444 e. The largest absolute Gasteiger partial charge is 0.488 e. The van der Waals surface area contributed by atoms with Crippen LogP contribution in [0.25, 0.3) is 78.0 Å². The summed E-state index contributed by atoms with van der Waals surface area (Å²) in [5, 5.41) is 29.3. The lowest BCUT2D eigenvalue weighted by Gasteiger charge is -2.19. The van der Waals surface area contributed by atoms with Gasteiger partial charge in [0.25, 0.3) is 0 Å². The fourth-order valence-corrected chi connectivity index (χ4v) is 9.53. The molecule has 22 heteroatoms. The van der Waals surface area contributed by atoms with E-state index in [0.29, 0.717) is 38.4 Å². The van der Waals surface area contributed by atoms with Gasteiger partial charge in [0.1, 0.15) is 58.9 Å². The number of ether oxygens (including phenoxy) is 2. The zero-order chi connectivity index (χ0) is 61.9. The summed E-state index contributed by atoms with van der Waals surface area (Å²) in [7, 11) is 2.41. The van der Waals surface area contributed by atoms with Crippen molar-refractivity contribution in [3.05, 3.63) is 186 Å². The van der Waals surface area contributed by atoms with E-state index in [0.717, 1.165) is 61.1 Å². The van der Waals surface area contributed by atoms with Gasteiger partial charge in [0.15, 0.2) is 0 Å². The van der Waals surface area contributed by atoms with Crippen molar-refractivity contribution in [2.45, 2.75) is 52.7 Å². The lowest BCUT2D eigenvalue weighted by molar-refractivity contribution is -0.116. The van der Waals surface area contributed by atoms with Crippen LogP contribution in [0.5, 0.6) is 0 Å². The Bertz CT molecular complexity index is 4020. The van der Waals surface area contributed by atoms with Crippen LogP contribution < -0.4 is 26.7 Å². The molecule has 0 saturated carbocycles. The van der Waals surface area contributed by atoms with Gasteiger partial charge in [-0.2, -0.15) is 0 Å². The molecule has 0 atom stereocenters. The molecular weight excluding hydrogens is 1170 g/mol. The number of benzene rings is 4. The number of pyridine rings is 4. The van der Waals surface area contributed by atoms with Crippen molar-refractivity contribution in [1.82, 2.24) is 39.7 Å². The molecule has 0 spiro atoms. The Morgan fingerprint density at radius 1 is 0.535 bits per heavy atom. The molecule has 10 rings (SSSR count). The maximum absolute atomic E-state index is 13.8. The van der Waals surface area contributed by atoms with Gasteiger partial charge in [0.2, 0.25) is 11.8 Å². The molecule has 0 fully saturated rings. The lowest BCUT2D eigenvalue weighted by atomic mass is 9.81. The molecule has 0 bridgehead atoms. The summed E-state index contributed by atoms with van der Waals surface area (Å²) in [6.07, 6.45) is 5.48. The Kier molecular flexibility index (Phi) is 19.9. The molecule has 0 saturated heterocycles. The van der Waals surface area contributed by atoms with Crippen molar-refractivity contribution in [2.75, 3.05) is 23.7 Å². The van der Waals surface area contributed by atoms with Gasteiger partial charge in [-0.1, -0.05) is 60.7 Å². The molecule has 6 N–H and O–H groups in total. The highest BCUT2D eigenvalue weighted by Crippen LogP contribution is 2.44. The van der Waals surface area contributed by atoms with Crippen molar-refractivity contribution in [1.29, 1.82) is 0 Å². The summed E-state index contributed by atoms with van der Waals surface area (Å²) in [6, 6.07) is 42.3. The van der Waals surface area contributed by atoms with Gasteiger partial charge in [0, 0.05) is 66.3 Å². The normalized spacial score (nSPS) is 11.1. The molecule has 440 valence electrons. The number of aromatic nitrogens is 6. The predicted octanol–water partition coefficient (Wildman–Crippen LogP) is 11.6. The molecule has 6 heterocycles. The number of halogens is 3. The van der Waals surface area contributed by atoms with Crippen LogP contribution in [-0.4, -0.2) is 94.5 Å². The molecule has 4 amide bonds. The van der Waals surface area contributed by atoms with Gasteiger partial charge in [-0.05, 0) is 176 Å². The molecule has 6 aromatic heterocycles. The number of nitrogens with one attached hydrogen (secondary N) is 4. The summed E-state index contributed by atoms with van der Waals surface area (Å²) < 4.78 is 42.3. The number of amides is 4. The average Bonchev–Trinajstić information content (AvgIpc) is 1.77. The summed E-state index contributed by atoms with van der Waals surface area (Å²) in [6.45, 7) is 9.89. The van der Waals surface area contributed by atoms with Crippen molar-refractivity contribution in [2.24, 2.45) is 14.1 Å². The first-order valence-electron chi connectivity index (χ1n) is 27.0. The zero-order valence-corrected chi connectivity index (χ0v) is 49.9. The third kappa shape index (κ3) is 16.0. The van der Waals surface area contributed by atoms with E-state index in [9.17, 15) is 28.0 Å². The van der Waals surface area contributed by atoms with E-state index in [-0.39, 0.29) is 24.7 Å². The van der Waals surface area contributed by atoms with Crippen molar-refractivity contribution >= 4 is 86.2 Å². The van der Waals surface area contributed by atoms with E-state index in [4.69, 9.17) is 29.5 Å². The minimum absolute atomic E-state index is 0.280. The maximum Gasteiger partial charge on any atom is 0.488 e. The topological polar surface area (TPSA) is 237 Å². The van der Waals surface area contributed by atoms with Gasteiger partial charge in [-0.25, -0.2) is 28.3 Å². The molecule has 0 aliphatic heterocycles. The number of carbonyl (C=O) groups excluding carboxylic acids is 4. The van der Waals surface area contributed by atoms with E-state index in [1.165, 1.54) is 24.3 Å². The molecule has 10 aromatic rings. The van der Waals surface area contributed by atoms with E-state index in [1.54, 1.807) is 115 Å². The Labute approximate surface area is 504 Å². The van der Waals surface area contributed by atoms with Crippen LogP contribution in [0.15, 0.2) is 175 Å². The second-order valence-corrected chi connectivity index (χ2v) is 22.3. The fourth-order valence-electron chi connectivity index (χ4n) is 9.11. The number of anilines is 2. The van der Waals surface area contributed by atoms with E-state index < -0.39 is 42.3 Å². The van der Waals surface area contributed by atoms with Gasteiger partial charge < -0.3 is 49.9 Å². The molecular formula is C64H62BBrF2N10O8. The van der Waals surface area contributed by atoms with Crippen molar-refractivity contribution in [3.63, 3.8) is 0 Å². The molecule has 0 unspecified atom stereocenters. The number of aryl methyl sites for hydroxylation is 2. The van der Waals surface area contributed by atoms with Crippen LogP contribution in [0.4, 0.5) is 30.0 Å². The average molecular weight is 1230 g/mol. The summed E-state index contributed by atoms with van der Waals surface area (Å²) in [5.41, 5.74) is 8.91. The summed E-state index contributed by atoms with van der Waals surface area (Å²) >= 11 is 3.51. The molecule has 4 aromatic carbocycles. The van der Waals surface area contributed by atoms with E-state index in [1.807, 2.05) is 96.0 Å². The predicted molar refractivity (Wildman–Crippen MR) is 334 cm³/mol. The van der Waals surface area contributed by atoms with E-state index >= 15 is 0 Å². The number of hydrogen-bond donors (Lipinski definition) is 6. The van der Waals surface area contributed by atoms with Gasteiger partial charge in [-0.3, -0.25) is 19.6 Å². The third-order valence-corrected chi connectivity index (χ3v) is 13.3. The smallest absolute Gasteiger partial charge is 0.444 e. The summed E-state index contributed by atoms with van der Waals surface area (Å²) in [5.74, 6) is -0.933. The van der Waals surface area contributed by atoms with Crippen LogP contribution in [-0.2, 0) is 33.2 Å². The van der Waals surface area contributed by atoms with Crippen molar-refractivity contribution < 1.29 is 47.5 Å². The van der Waals surface area contributed by atoms with Gasteiger partial charge >= 0.3 is 19.3 Å². The second-order valence-electron chi connectivity index (χ2n) is 21.5. The SMILES string of the molecule is Cn1c(-c2ccc(F)cc2)c(-c2ccncc2)c2cc(-c3ccccc3)c(NC(=O)CNC(=O)OC(C)(C)C)nc21.Cn1c(-c2ccc(F)cc2)c(-c2ccncc2)c2cc(Br)c(NC(=O)CNC(=O)OC(C)(C)C)nc21.OB(O)c1ccccc1. The third-order valence-electron chi connectivity index (χ3n) is 12.7. The number of hydrogen-bond acceptors (Lipinski definition) is 12. The molecule has 0 aliphatic carbocycles. The second kappa shape index (κ2) is 27.4. The monoisotopic (exact) mass is 1230 g/mol. The Hall–Kier alpha value is -9.64. The molecule has 86 heavy (non-hydrogen) atoms. The standard InChI is InChI=1S/C32H30FN5O3.C26H25BrFN5O3.C6H7BO2/c1-32(2,3)41-31(40)35-19-26(39)36-29-24(20-8-6-5-7-9-20)18-25-27(21-14-16-34-17-15-21)28(38(4)30(25)37-29)22-10-12-23(33)13-11-22;1-26(2,3)36-25(35)30-14-20(34)31-23-19(27)13-18-21(15-9-11-29-12-10-15)22(33(4)24(18)32-23)16-5-7-17(28)8-6-16;8-7(9)6-4-2-1-3-5-6/h5-18H,19H2,1-4H3,(H,35,40)(H,36,37,39);5-13H,14H2,1-4H3,(H,30,35)(H,31,32,34);1-5,8-9H. The first-order chi connectivity index (χ1) is 40.9. The van der Waals surface area contributed by atoms with Crippen molar-refractivity contribution in [3.8, 4) is 55.9 Å². The Balaban J connectivity index is 0.000000196. The first kappa shape index (κ1) is 62.4. The van der Waals surface area contributed by atoms with Crippen LogP contribution in [0.3, 0.4) is 0 Å². The molecule has 0 aliphatic rings. The number of alkyl carbamates (subject to hydrolysis) is 2. The highest BCUT2D eigenvalue weighted by Gasteiger charge is 2.26. The number of fused-ring (bicyclic) bond motifs is 2. The van der Waals surface area contributed by atoms with Crippen LogP contribution in [0, 0.1) is 11.6 Å². The fraction of sp³-hybridized carbons (Fsp3) is 0.188. The highest BCUT2D eigenvalue weighted by molar-refractivity contribution is 9.10. The van der Waals surface area contributed by atoms with Crippen LogP contribution in [0.1, 0.15) is 41.5 Å². The summed E-state index contributed by atoms with van der Waals surface area (Å²) in [4.78, 5) is 67.4. The quantitative estimate of drug-likeness (QED) is 0.0627. The zero-order valence-electron chi connectivity index (χ0n) is 48.3. The van der Waals surface area contributed by atoms with Crippen LogP contribution in [0.2, 0.25) is 0 Å². The Morgan fingerprint density at radius 3 is 1.34 bits per heavy atom. The van der Waals surface area contributed by atoms with E-state index in [2.05, 4.69) is 47.2 Å². The number of carbonyl (C=O) groups is 4. The lowest BCUT2D eigenvalue weighted by Crippen LogP contribution is -2.37.